The molecule has 6 nitrogen and oxygen atoms in total. The van der Waals surface area contributed by atoms with Crippen LogP contribution in [0.1, 0.15) is 43.0 Å². The number of nitrogens with zero attached hydrogens (tertiary/aromatic N) is 1. The smallest absolute Gasteiger partial charge is 0.300 e. The van der Waals surface area contributed by atoms with E-state index in [1.54, 1.807) is 36.4 Å². The predicted molar refractivity (Wildman–Crippen MR) is 136 cm³/mol. The summed E-state index contributed by atoms with van der Waals surface area (Å²) in [5.41, 5.74) is 2.79. The van der Waals surface area contributed by atoms with Crippen LogP contribution in [0.4, 0.5) is 5.69 Å². The number of carbonyl (C=O) groups is 2. The van der Waals surface area contributed by atoms with Crippen LogP contribution in [-0.4, -0.2) is 30.0 Å². The number of benzene rings is 3. The van der Waals surface area contributed by atoms with Gasteiger partial charge in [-0.3, -0.25) is 14.5 Å². The van der Waals surface area contributed by atoms with Crippen LogP contribution in [-0.2, 0) is 9.59 Å². The predicted octanol–water partition coefficient (Wildman–Crippen LogP) is 5.81. The van der Waals surface area contributed by atoms with Crippen LogP contribution < -0.4 is 14.4 Å². The molecule has 1 N–H and O–H groups in total. The second-order valence-corrected chi connectivity index (χ2v) is 8.38. The Morgan fingerprint density at radius 3 is 2.06 bits per heavy atom. The minimum Gasteiger partial charge on any atom is -0.507 e. The zero-order chi connectivity index (χ0) is 24.9. The molecule has 0 radical (unpaired) electrons. The number of aryl methyl sites for hydroxylation is 1. The highest BCUT2D eigenvalue weighted by molar-refractivity contribution is 6.51. The second-order valence-electron chi connectivity index (χ2n) is 8.38. The van der Waals surface area contributed by atoms with Crippen molar-refractivity contribution in [3.8, 4) is 11.5 Å². The van der Waals surface area contributed by atoms with E-state index in [0.29, 0.717) is 41.5 Å². The fourth-order valence-electron chi connectivity index (χ4n) is 4.12. The fourth-order valence-corrected chi connectivity index (χ4v) is 4.12. The molecular formula is C29H29NO5. The van der Waals surface area contributed by atoms with E-state index in [4.69, 9.17) is 9.47 Å². The van der Waals surface area contributed by atoms with E-state index in [1.165, 1.54) is 4.90 Å². The van der Waals surface area contributed by atoms with Crippen LogP contribution in [0.5, 0.6) is 11.5 Å². The lowest BCUT2D eigenvalue weighted by molar-refractivity contribution is -0.132. The van der Waals surface area contributed by atoms with E-state index < -0.39 is 17.7 Å². The first kappa shape index (κ1) is 24.1. The van der Waals surface area contributed by atoms with Crippen LogP contribution in [0.3, 0.4) is 0 Å². The highest BCUT2D eigenvalue weighted by atomic mass is 16.5. The van der Waals surface area contributed by atoms with E-state index in [0.717, 1.165) is 12.0 Å². The number of anilines is 1. The molecule has 35 heavy (non-hydrogen) atoms. The summed E-state index contributed by atoms with van der Waals surface area (Å²) in [7, 11) is 0. The lowest BCUT2D eigenvalue weighted by atomic mass is 9.95. The van der Waals surface area contributed by atoms with Crippen LogP contribution in [0.25, 0.3) is 5.76 Å². The highest BCUT2D eigenvalue weighted by Crippen LogP contribution is 2.42. The van der Waals surface area contributed by atoms with Crippen molar-refractivity contribution in [3.05, 3.63) is 95.1 Å². The maximum atomic E-state index is 13.3. The lowest BCUT2D eigenvalue weighted by Gasteiger charge is -2.25. The van der Waals surface area contributed by atoms with Gasteiger partial charge in [-0.05, 0) is 74.4 Å². The Bertz CT molecular complexity index is 1230. The van der Waals surface area contributed by atoms with Gasteiger partial charge in [0.1, 0.15) is 17.3 Å². The van der Waals surface area contributed by atoms with Gasteiger partial charge in [-0.2, -0.15) is 0 Å². The Hall–Kier alpha value is -4.06. The average Bonchev–Trinajstić information content (AvgIpc) is 3.14. The molecule has 1 fully saturated rings. The Kier molecular flexibility index (Phi) is 7.20. The van der Waals surface area contributed by atoms with Gasteiger partial charge in [-0.25, -0.2) is 0 Å². The van der Waals surface area contributed by atoms with Gasteiger partial charge in [-0.15, -0.1) is 0 Å². The van der Waals surface area contributed by atoms with Crippen LogP contribution >= 0.6 is 0 Å². The van der Waals surface area contributed by atoms with Crippen molar-refractivity contribution in [2.24, 2.45) is 0 Å². The molecular weight excluding hydrogens is 442 g/mol. The summed E-state index contributed by atoms with van der Waals surface area (Å²) in [6.45, 7) is 6.99. The first-order valence-corrected chi connectivity index (χ1v) is 11.8. The Labute approximate surface area is 205 Å². The summed E-state index contributed by atoms with van der Waals surface area (Å²) in [6, 6.07) is 20.7. The quantitative estimate of drug-likeness (QED) is 0.255. The van der Waals surface area contributed by atoms with Gasteiger partial charge in [0.25, 0.3) is 11.7 Å². The molecule has 1 aliphatic heterocycles. The number of carbonyl (C=O) groups excluding carboxylic acids is 2. The van der Waals surface area contributed by atoms with Crippen molar-refractivity contribution in [1.29, 1.82) is 0 Å². The van der Waals surface area contributed by atoms with E-state index in [2.05, 4.69) is 0 Å². The summed E-state index contributed by atoms with van der Waals surface area (Å²) in [4.78, 5) is 28.0. The molecule has 6 heteroatoms. The zero-order valence-electron chi connectivity index (χ0n) is 20.2. The molecule has 1 aliphatic rings. The number of Topliss-reactive ketones (excluding diaryl/α,β-unsaturated/α-hetero) is 1. The molecule has 1 amide bonds. The summed E-state index contributed by atoms with van der Waals surface area (Å²) in [5.74, 6) is -0.276. The SMILES string of the molecule is CCCOc1ccc(/C(O)=C2\C(=O)C(=O)N(c3ccc(C)cc3)C2c2ccc(OCC)cc2)cc1. The van der Waals surface area contributed by atoms with E-state index >= 15 is 0 Å². The van der Waals surface area contributed by atoms with Crippen LogP contribution in [0, 0.1) is 6.92 Å². The third kappa shape index (κ3) is 4.92. The monoisotopic (exact) mass is 471 g/mol. The molecule has 0 saturated carbocycles. The molecule has 0 spiro atoms. The normalized spacial score (nSPS) is 17.0. The lowest BCUT2D eigenvalue weighted by Crippen LogP contribution is -2.29. The molecule has 0 aliphatic carbocycles. The van der Waals surface area contributed by atoms with Gasteiger partial charge in [0, 0.05) is 11.3 Å². The number of aliphatic hydroxyl groups excluding tert-OH is 1. The second kappa shape index (κ2) is 10.5. The topological polar surface area (TPSA) is 76.1 Å². The molecule has 1 saturated heterocycles. The van der Waals surface area contributed by atoms with E-state index in [9.17, 15) is 14.7 Å². The number of amides is 1. The maximum Gasteiger partial charge on any atom is 0.300 e. The van der Waals surface area contributed by atoms with E-state index in [1.807, 2.05) is 57.2 Å². The highest BCUT2D eigenvalue weighted by Gasteiger charge is 2.46. The van der Waals surface area contributed by atoms with Gasteiger partial charge < -0.3 is 14.6 Å². The van der Waals surface area contributed by atoms with Crippen LogP contribution in [0.2, 0.25) is 0 Å². The third-order valence-corrected chi connectivity index (χ3v) is 5.86. The minimum absolute atomic E-state index is 0.0435. The standard InChI is InChI=1S/C29H29NO5/c1-4-18-35-24-16-10-21(11-17-24)27(31)25-26(20-8-14-23(15-9-20)34-5-2)30(29(33)28(25)32)22-12-6-19(3)7-13-22/h6-17,26,31H,4-5,18H2,1-3H3/b27-25+. The average molecular weight is 472 g/mol. The summed E-state index contributed by atoms with van der Waals surface area (Å²) < 4.78 is 11.2. The fraction of sp³-hybridized carbons (Fsp3) is 0.241. The van der Waals surface area contributed by atoms with Gasteiger partial charge >= 0.3 is 0 Å². The maximum absolute atomic E-state index is 13.3. The van der Waals surface area contributed by atoms with Gasteiger partial charge in [0.2, 0.25) is 0 Å². The number of rotatable bonds is 8. The van der Waals surface area contributed by atoms with Crippen LogP contribution in [0.15, 0.2) is 78.4 Å². The first-order chi connectivity index (χ1) is 16.9. The molecule has 180 valence electrons. The number of ketones is 1. The molecule has 0 aromatic heterocycles. The zero-order valence-corrected chi connectivity index (χ0v) is 20.2. The number of hydrogen-bond acceptors (Lipinski definition) is 5. The Balaban J connectivity index is 1.82. The molecule has 4 rings (SSSR count). The molecule has 1 unspecified atom stereocenters. The number of hydrogen-bond donors (Lipinski definition) is 1. The van der Waals surface area contributed by atoms with Crippen molar-refractivity contribution < 1.29 is 24.2 Å². The Morgan fingerprint density at radius 2 is 1.46 bits per heavy atom. The third-order valence-electron chi connectivity index (χ3n) is 5.86. The van der Waals surface area contributed by atoms with Gasteiger partial charge in [0.05, 0.1) is 24.8 Å². The molecule has 1 heterocycles. The summed E-state index contributed by atoms with van der Waals surface area (Å²) in [5, 5.41) is 11.3. The van der Waals surface area contributed by atoms with Gasteiger partial charge in [-0.1, -0.05) is 36.8 Å². The van der Waals surface area contributed by atoms with Crippen molar-refractivity contribution >= 4 is 23.1 Å². The van der Waals surface area contributed by atoms with Crippen molar-refractivity contribution in [2.75, 3.05) is 18.1 Å². The first-order valence-electron chi connectivity index (χ1n) is 11.8. The number of ether oxygens (including phenoxy) is 2. The molecule has 3 aromatic rings. The van der Waals surface area contributed by atoms with Crippen molar-refractivity contribution in [2.45, 2.75) is 33.2 Å². The minimum atomic E-state index is -0.788. The number of aliphatic hydroxyl groups is 1. The van der Waals surface area contributed by atoms with Crippen molar-refractivity contribution in [3.63, 3.8) is 0 Å². The van der Waals surface area contributed by atoms with Gasteiger partial charge in [0.15, 0.2) is 0 Å². The van der Waals surface area contributed by atoms with E-state index in [-0.39, 0.29) is 11.3 Å². The molecule has 0 bridgehead atoms. The Morgan fingerprint density at radius 1 is 0.857 bits per heavy atom. The summed E-state index contributed by atoms with van der Waals surface area (Å²) >= 11 is 0. The molecule has 3 aromatic carbocycles. The summed E-state index contributed by atoms with van der Waals surface area (Å²) in [6.07, 6.45) is 0.881. The van der Waals surface area contributed by atoms with Crippen molar-refractivity contribution in [1.82, 2.24) is 0 Å². The largest absolute Gasteiger partial charge is 0.507 e. The molecule has 1 atom stereocenters.